The fourth-order valence-electron chi connectivity index (χ4n) is 3.44. The number of hydrogen-bond acceptors (Lipinski definition) is 6. The molecular weight excluding hydrogens is 489 g/mol. The highest BCUT2D eigenvalue weighted by Crippen LogP contribution is 2.29. The Morgan fingerprint density at radius 2 is 1.60 bits per heavy atom. The number of ether oxygens (including phenoxy) is 3. The third kappa shape index (κ3) is 5.93. The normalized spacial score (nSPS) is 10.7. The highest BCUT2D eigenvalue weighted by Gasteiger charge is 2.22. The van der Waals surface area contributed by atoms with Gasteiger partial charge in [-0.05, 0) is 60.0 Å². The second kappa shape index (κ2) is 11.3. The molecule has 7 nitrogen and oxygen atoms in total. The first-order chi connectivity index (χ1) is 17.0. The summed E-state index contributed by atoms with van der Waals surface area (Å²) in [5, 5.41) is 9.23. The second-order valence-corrected chi connectivity index (χ2v) is 8.37. The summed E-state index contributed by atoms with van der Waals surface area (Å²) >= 11 is 12.2. The van der Waals surface area contributed by atoms with E-state index in [-0.39, 0.29) is 18.9 Å². The standard InChI is InChI=1S/C26H23Cl2N3O4/c1-3-34-26(32)25-24(31(30-29-25)15-17-4-9-20(33-2)10-5-17)16-35-21-11-6-18(7-12-21)19-8-13-22(27)23(28)14-19/h4-14H,3,15-16H2,1-2H3. The molecular formula is C26H23Cl2N3O4. The van der Waals surface area contributed by atoms with E-state index in [1.54, 1.807) is 24.8 Å². The van der Waals surface area contributed by atoms with E-state index >= 15 is 0 Å². The van der Waals surface area contributed by atoms with Gasteiger partial charge in [0.2, 0.25) is 0 Å². The number of hydrogen-bond donors (Lipinski definition) is 0. The topological polar surface area (TPSA) is 75.5 Å². The van der Waals surface area contributed by atoms with Crippen molar-refractivity contribution < 1.29 is 19.0 Å². The Morgan fingerprint density at radius 3 is 2.26 bits per heavy atom. The summed E-state index contributed by atoms with van der Waals surface area (Å²) < 4.78 is 18.0. The molecule has 3 aromatic carbocycles. The van der Waals surface area contributed by atoms with Crippen LogP contribution >= 0.6 is 23.2 Å². The van der Waals surface area contributed by atoms with Gasteiger partial charge in [0.25, 0.3) is 0 Å². The maximum atomic E-state index is 12.4. The van der Waals surface area contributed by atoms with Crippen LogP contribution in [0.4, 0.5) is 0 Å². The Hall–Kier alpha value is -3.55. The average Bonchev–Trinajstić information content (AvgIpc) is 3.27. The molecule has 0 aliphatic rings. The Labute approximate surface area is 213 Å². The van der Waals surface area contributed by atoms with Gasteiger partial charge in [-0.2, -0.15) is 0 Å². The summed E-state index contributed by atoms with van der Waals surface area (Å²) in [6.07, 6.45) is 0. The fourth-order valence-corrected chi connectivity index (χ4v) is 3.73. The van der Waals surface area contributed by atoms with Crippen molar-refractivity contribution in [2.75, 3.05) is 13.7 Å². The number of aromatic nitrogens is 3. The van der Waals surface area contributed by atoms with Crippen molar-refractivity contribution in [3.05, 3.63) is 93.7 Å². The van der Waals surface area contributed by atoms with E-state index in [9.17, 15) is 4.79 Å². The Morgan fingerprint density at radius 1 is 0.914 bits per heavy atom. The molecule has 1 aromatic heterocycles. The predicted molar refractivity (Wildman–Crippen MR) is 134 cm³/mol. The minimum absolute atomic E-state index is 0.0867. The first kappa shape index (κ1) is 24.6. The molecule has 35 heavy (non-hydrogen) atoms. The van der Waals surface area contributed by atoms with E-state index in [1.165, 1.54) is 0 Å². The highest BCUT2D eigenvalue weighted by molar-refractivity contribution is 6.42. The maximum absolute atomic E-state index is 12.4. The summed E-state index contributed by atoms with van der Waals surface area (Å²) in [7, 11) is 1.62. The van der Waals surface area contributed by atoms with Crippen molar-refractivity contribution in [1.29, 1.82) is 0 Å². The first-order valence-electron chi connectivity index (χ1n) is 10.9. The minimum Gasteiger partial charge on any atom is -0.497 e. The number of methoxy groups -OCH3 is 1. The van der Waals surface area contributed by atoms with Gasteiger partial charge in [-0.1, -0.05) is 58.7 Å². The van der Waals surface area contributed by atoms with E-state index in [0.717, 1.165) is 22.4 Å². The number of benzene rings is 3. The molecule has 0 amide bonds. The van der Waals surface area contributed by atoms with Crippen LogP contribution < -0.4 is 9.47 Å². The number of carbonyl (C=O) groups is 1. The fraction of sp³-hybridized carbons (Fsp3) is 0.192. The monoisotopic (exact) mass is 511 g/mol. The van der Waals surface area contributed by atoms with Gasteiger partial charge < -0.3 is 14.2 Å². The number of nitrogens with zero attached hydrogens (tertiary/aromatic N) is 3. The lowest BCUT2D eigenvalue weighted by molar-refractivity contribution is 0.0516. The Balaban J connectivity index is 1.53. The van der Waals surface area contributed by atoms with Crippen LogP contribution in [-0.2, 0) is 17.9 Å². The minimum atomic E-state index is -0.540. The van der Waals surface area contributed by atoms with Gasteiger partial charge in [0.15, 0.2) is 5.69 Å². The molecule has 4 aromatic rings. The van der Waals surface area contributed by atoms with Gasteiger partial charge >= 0.3 is 5.97 Å². The first-order valence-corrected chi connectivity index (χ1v) is 11.6. The van der Waals surface area contributed by atoms with E-state index in [0.29, 0.717) is 28.0 Å². The van der Waals surface area contributed by atoms with Crippen LogP contribution in [0.1, 0.15) is 28.7 Å². The lowest BCUT2D eigenvalue weighted by atomic mass is 10.1. The average molecular weight is 512 g/mol. The molecule has 0 atom stereocenters. The molecule has 9 heteroatoms. The molecule has 0 bridgehead atoms. The quantitative estimate of drug-likeness (QED) is 0.254. The molecule has 0 fully saturated rings. The summed E-state index contributed by atoms with van der Waals surface area (Å²) in [6, 6.07) is 20.6. The van der Waals surface area contributed by atoms with Crippen molar-refractivity contribution in [2.45, 2.75) is 20.1 Å². The van der Waals surface area contributed by atoms with E-state index in [2.05, 4.69) is 10.3 Å². The summed E-state index contributed by atoms with van der Waals surface area (Å²) in [6.45, 7) is 2.47. The third-order valence-corrected chi connectivity index (χ3v) is 6.02. The van der Waals surface area contributed by atoms with Gasteiger partial charge in [-0.15, -0.1) is 5.10 Å². The number of halogens is 2. The SMILES string of the molecule is CCOC(=O)c1nnn(Cc2ccc(OC)cc2)c1COc1ccc(-c2ccc(Cl)c(Cl)c2)cc1. The number of carbonyl (C=O) groups excluding carboxylic acids is 1. The molecule has 180 valence electrons. The number of esters is 1. The van der Waals surface area contributed by atoms with Crippen LogP contribution in [0.15, 0.2) is 66.7 Å². The van der Waals surface area contributed by atoms with Gasteiger partial charge in [0.05, 0.1) is 30.3 Å². The van der Waals surface area contributed by atoms with Crippen LogP contribution in [0, 0.1) is 0 Å². The smallest absolute Gasteiger partial charge is 0.360 e. The van der Waals surface area contributed by atoms with E-state index in [4.69, 9.17) is 37.4 Å². The van der Waals surface area contributed by atoms with Crippen molar-refractivity contribution in [1.82, 2.24) is 15.0 Å². The van der Waals surface area contributed by atoms with Gasteiger partial charge in [0.1, 0.15) is 23.8 Å². The third-order valence-electron chi connectivity index (χ3n) is 5.28. The molecule has 0 N–H and O–H groups in total. The molecule has 0 spiro atoms. The van der Waals surface area contributed by atoms with Gasteiger partial charge in [-0.25, -0.2) is 9.48 Å². The maximum Gasteiger partial charge on any atom is 0.360 e. The largest absolute Gasteiger partial charge is 0.497 e. The second-order valence-electron chi connectivity index (χ2n) is 7.55. The van der Waals surface area contributed by atoms with Crippen LogP contribution in [0.2, 0.25) is 10.0 Å². The number of rotatable bonds is 9. The Bertz CT molecular complexity index is 1310. The molecule has 0 radical (unpaired) electrons. The van der Waals surface area contributed by atoms with Gasteiger partial charge in [0, 0.05) is 0 Å². The zero-order valence-electron chi connectivity index (χ0n) is 19.2. The summed E-state index contributed by atoms with van der Waals surface area (Å²) in [4.78, 5) is 12.4. The molecule has 4 rings (SSSR count). The lowest BCUT2D eigenvalue weighted by Crippen LogP contribution is -2.14. The summed E-state index contributed by atoms with van der Waals surface area (Å²) in [5.41, 5.74) is 3.53. The van der Waals surface area contributed by atoms with E-state index in [1.807, 2.05) is 60.7 Å². The van der Waals surface area contributed by atoms with Crippen LogP contribution in [0.3, 0.4) is 0 Å². The molecule has 0 aliphatic heterocycles. The van der Waals surface area contributed by atoms with Crippen molar-refractivity contribution in [3.8, 4) is 22.6 Å². The molecule has 1 heterocycles. The zero-order chi connectivity index (χ0) is 24.8. The summed E-state index contributed by atoms with van der Waals surface area (Å²) in [5.74, 6) is 0.843. The zero-order valence-corrected chi connectivity index (χ0v) is 20.7. The van der Waals surface area contributed by atoms with Crippen molar-refractivity contribution in [2.24, 2.45) is 0 Å². The lowest BCUT2D eigenvalue weighted by Gasteiger charge is -2.11. The molecule has 0 aliphatic carbocycles. The molecule has 0 saturated carbocycles. The van der Waals surface area contributed by atoms with Crippen molar-refractivity contribution in [3.63, 3.8) is 0 Å². The Kier molecular flexibility index (Phi) is 7.90. The van der Waals surface area contributed by atoms with Crippen molar-refractivity contribution >= 4 is 29.2 Å². The van der Waals surface area contributed by atoms with Crippen LogP contribution in [0.5, 0.6) is 11.5 Å². The predicted octanol–water partition coefficient (Wildman–Crippen LogP) is 6.06. The molecule has 0 saturated heterocycles. The highest BCUT2D eigenvalue weighted by atomic mass is 35.5. The molecule has 0 unspecified atom stereocenters. The van der Waals surface area contributed by atoms with Crippen LogP contribution in [0.25, 0.3) is 11.1 Å². The van der Waals surface area contributed by atoms with Gasteiger partial charge in [-0.3, -0.25) is 0 Å². The van der Waals surface area contributed by atoms with E-state index < -0.39 is 5.97 Å². The van der Waals surface area contributed by atoms with Crippen LogP contribution in [-0.4, -0.2) is 34.7 Å².